The molecule has 6 heteroatoms. The average molecular weight is 337 g/mol. The SMILES string of the molecule is CCOP(=O)(OCC)C(Nc1ccccc1F)c1ccccc1. The summed E-state index contributed by atoms with van der Waals surface area (Å²) in [5.74, 6) is -1.21. The quantitative estimate of drug-likeness (QED) is 0.672. The van der Waals surface area contributed by atoms with Crippen LogP contribution in [0.2, 0.25) is 0 Å². The first-order chi connectivity index (χ1) is 11.1. The van der Waals surface area contributed by atoms with Crippen molar-refractivity contribution in [3.63, 3.8) is 0 Å². The Hall–Kier alpha value is -1.68. The smallest absolute Gasteiger partial charge is 0.357 e. The number of hydrogen-bond donors (Lipinski definition) is 1. The molecule has 2 aromatic rings. The number of halogens is 1. The van der Waals surface area contributed by atoms with E-state index in [9.17, 15) is 8.96 Å². The lowest BCUT2D eigenvalue weighted by Gasteiger charge is -2.28. The van der Waals surface area contributed by atoms with Crippen LogP contribution in [0.25, 0.3) is 0 Å². The first-order valence-electron chi connectivity index (χ1n) is 7.55. The minimum atomic E-state index is -3.51. The van der Waals surface area contributed by atoms with E-state index in [0.717, 1.165) is 0 Å². The molecule has 0 saturated carbocycles. The molecule has 124 valence electrons. The highest BCUT2D eigenvalue weighted by Crippen LogP contribution is 2.60. The standard InChI is InChI=1S/C17H21FNO3P/c1-3-21-23(20,22-4-2)17(14-10-6-5-7-11-14)19-16-13-9-8-12-15(16)18/h5-13,17,19H,3-4H2,1-2H3. The first-order valence-corrected chi connectivity index (χ1v) is 9.16. The largest absolute Gasteiger partial charge is 0.366 e. The summed E-state index contributed by atoms with van der Waals surface area (Å²) in [5, 5.41) is 2.99. The molecule has 1 N–H and O–H groups in total. The molecule has 0 aromatic heterocycles. The predicted octanol–water partition coefficient (Wildman–Crippen LogP) is 5.20. The van der Waals surface area contributed by atoms with Crippen LogP contribution in [0.4, 0.5) is 10.1 Å². The Kier molecular flexibility index (Phi) is 6.34. The zero-order valence-corrected chi connectivity index (χ0v) is 14.1. The summed E-state index contributed by atoms with van der Waals surface area (Å²) in [6.07, 6.45) is 0. The van der Waals surface area contributed by atoms with Gasteiger partial charge in [0, 0.05) is 0 Å². The second kappa shape index (κ2) is 8.25. The van der Waals surface area contributed by atoms with E-state index < -0.39 is 19.2 Å². The third-order valence-corrected chi connectivity index (χ3v) is 5.51. The van der Waals surface area contributed by atoms with Gasteiger partial charge < -0.3 is 14.4 Å². The molecule has 0 aliphatic heterocycles. The molecule has 1 atom stereocenters. The Bertz CT molecular complexity index is 656. The Morgan fingerprint density at radius 3 is 2.13 bits per heavy atom. The van der Waals surface area contributed by atoms with Crippen molar-refractivity contribution >= 4 is 13.3 Å². The molecule has 2 rings (SSSR count). The maximum absolute atomic E-state index is 14.0. The molecule has 0 heterocycles. The highest BCUT2D eigenvalue weighted by Gasteiger charge is 2.37. The maximum Gasteiger partial charge on any atom is 0.357 e. The minimum absolute atomic E-state index is 0.236. The van der Waals surface area contributed by atoms with Crippen molar-refractivity contribution in [2.75, 3.05) is 18.5 Å². The molecular formula is C17H21FNO3P. The second-order valence-electron chi connectivity index (χ2n) is 4.81. The molecule has 23 heavy (non-hydrogen) atoms. The highest BCUT2D eigenvalue weighted by atomic mass is 31.2. The Labute approximate surface area is 136 Å². The lowest BCUT2D eigenvalue weighted by Crippen LogP contribution is -2.16. The molecule has 0 radical (unpaired) electrons. The fourth-order valence-electron chi connectivity index (χ4n) is 2.25. The minimum Gasteiger partial charge on any atom is -0.366 e. The van der Waals surface area contributed by atoms with Gasteiger partial charge in [-0.1, -0.05) is 42.5 Å². The van der Waals surface area contributed by atoms with Gasteiger partial charge in [0.25, 0.3) is 0 Å². The number of para-hydroxylation sites is 1. The number of hydrogen-bond acceptors (Lipinski definition) is 4. The molecular weight excluding hydrogens is 316 g/mol. The van der Waals surface area contributed by atoms with Crippen molar-refractivity contribution in [3.8, 4) is 0 Å². The molecule has 0 aliphatic carbocycles. The van der Waals surface area contributed by atoms with E-state index in [2.05, 4.69) is 5.32 Å². The molecule has 0 spiro atoms. The molecule has 4 nitrogen and oxygen atoms in total. The van der Waals surface area contributed by atoms with Crippen molar-refractivity contribution in [1.29, 1.82) is 0 Å². The summed E-state index contributed by atoms with van der Waals surface area (Å²) in [7, 11) is -3.51. The molecule has 2 aromatic carbocycles. The zero-order valence-electron chi connectivity index (χ0n) is 13.2. The monoisotopic (exact) mass is 337 g/mol. The Balaban J connectivity index is 2.43. The lowest BCUT2D eigenvalue weighted by atomic mass is 10.2. The van der Waals surface area contributed by atoms with E-state index in [0.29, 0.717) is 5.56 Å². The normalized spacial score (nSPS) is 12.8. The predicted molar refractivity (Wildman–Crippen MR) is 90.1 cm³/mol. The summed E-state index contributed by atoms with van der Waals surface area (Å²) in [4.78, 5) is 0. The molecule has 0 bridgehead atoms. The van der Waals surface area contributed by atoms with Crippen LogP contribution in [0.5, 0.6) is 0 Å². The van der Waals surface area contributed by atoms with Crippen LogP contribution in [0.15, 0.2) is 54.6 Å². The van der Waals surface area contributed by atoms with Crippen LogP contribution in [0.1, 0.15) is 25.2 Å². The van der Waals surface area contributed by atoms with E-state index in [1.165, 1.54) is 6.07 Å². The van der Waals surface area contributed by atoms with E-state index in [1.807, 2.05) is 30.3 Å². The zero-order chi connectivity index (χ0) is 16.7. The third kappa shape index (κ3) is 4.41. The molecule has 0 amide bonds. The van der Waals surface area contributed by atoms with E-state index in [-0.39, 0.29) is 18.9 Å². The van der Waals surface area contributed by atoms with Crippen LogP contribution in [0, 0.1) is 5.82 Å². The summed E-state index contributed by atoms with van der Waals surface area (Å²) in [6.45, 7) is 3.97. The van der Waals surface area contributed by atoms with Crippen molar-refractivity contribution in [2.45, 2.75) is 19.6 Å². The van der Waals surface area contributed by atoms with Crippen LogP contribution in [-0.2, 0) is 13.6 Å². The van der Waals surface area contributed by atoms with Crippen LogP contribution < -0.4 is 5.32 Å². The van der Waals surface area contributed by atoms with Crippen LogP contribution in [-0.4, -0.2) is 13.2 Å². The third-order valence-electron chi connectivity index (χ3n) is 3.22. The maximum atomic E-state index is 14.0. The van der Waals surface area contributed by atoms with Gasteiger partial charge in [-0.2, -0.15) is 0 Å². The lowest BCUT2D eigenvalue weighted by molar-refractivity contribution is 0.214. The van der Waals surface area contributed by atoms with Gasteiger partial charge in [-0.15, -0.1) is 0 Å². The number of benzene rings is 2. The topological polar surface area (TPSA) is 47.6 Å². The van der Waals surface area contributed by atoms with Crippen molar-refractivity contribution in [3.05, 3.63) is 66.0 Å². The van der Waals surface area contributed by atoms with Crippen molar-refractivity contribution < 1.29 is 18.0 Å². The first kappa shape index (κ1) is 17.7. The van der Waals surface area contributed by atoms with Gasteiger partial charge in [0.05, 0.1) is 18.9 Å². The molecule has 0 aliphatic rings. The fourth-order valence-corrected chi connectivity index (χ4v) is 4.18. The number of nitrogens with one attached hydrogen (secondary N) is 1. The van der Waals surface area contributed by atoms with Gasteiger partial charge in [0.1, 0.15) is 5.82 Å². The summed E-state index contributed by atoms with van der Waals surface area (Å²) in [6, 6.07) is 15.4. The highest BCUT2D eigenvalue weighted by molar-refractivity contribution is 7.54. The summed E-state index contributed by atoms with van der Waals surface area (Å²) < 4.78 is 38.1. The van der Waals surface area contributed by atoms with Gasteiger partial charge in [-0.05, 0) is 31.5 Å². The van der Waals surface area contributed by atoms with Gasteiger partial charge in [-0.3, -0.25) is 4.57 Å². The van der Waals surface area contributed by atoms with Crippen molar-refractivity contribution in [2.24, 2.45) is 0 Å². The Morgan fingerprint density at radius 2 is 1.57 bits per heavy atom. The van der Waals surface area contributed by atoms with E-state index in [1.54, 1.807) is 32.0 Å². The summed E-state index contributed by atoms with van der Waals surface area (Å²) >= 11 is 0. The van der Waals surface area contributed by atoms with Crippen LogP contribution in [0.3, 0.4) is 0 Å². The van der Waals surface area contributed by atoms with Gasteiger partial charge in [-0.25, -0.2) is 4.39 Å². The van der Waals surface area contributed by atoms with Gasteiger partial charge >= 0.3 is 7.60 Å². The van der Waals surface area contributed by atoms with E-state index in [4.69, 9.17) is 9.05 Å². The van der Waals surface area contributed by atoms with Gasteiger partial charge in [0.15, 0.2) is 5.78 Å². The molecule has 0 saturated heterocycles. The fraction of sp³-hybridized carbons (Fsp3) is 0.294. The van der Waals surface area contributed by atoms with E-state index >= 15 is 0 Å². The average Bonchev–Trinajstić information content (AvgIpc) is 2.55. The van der Waals surface area contributed by atoms with Gasteiger partial charge in [0.2, 0.25) is 0 Å². The van der Waals surface area contributed by atoms with Crippen LogP contribution >= 0.6 is 7.60 Å². The summed E-state index contributed by atoms with van der Waals surface area (Å²) in [5.41, 5.74) is 0.960. The number of anilines is 1. The molecule has 1 unspecified atom stereocenters. The molecule has 0 fully saturated rings. The number of rotatable bonds is 8. The second-order valence-corrected chi connectivity index (χ2v) is 6.93. The van der Waals surface area contributed by atoms with Crippen molar-refractivity contribution in [1.82, 2.24) is 0 Å². The Morgan fingerprint density at radius 1 is 1.00 bits per heavy atom.